The molecule has 0 spiro atoms. The molecule has 2 nitrogen and oxygen atoms in total. The number of nitrogens with one attached hydrogen (secondary N) is 2. The molecule has 0 aliphatic heterocycles. The first-order valence-electron chi connectivity index (χ1n) is 7.42. The summed E-state index contributed by atoms with van der Waals surface area (Å²) >= 11 is 5.31. The van der Waals surface area contributed by atoms with E-state index in [2.05, 4.69) is 45.3 Å². The number of hydrogen-bond donors (Lipinski definition) is 2. The molecule has 18 heavy (non-hydrogen) atoms. The summed E-state index contributed by atoms with van der Waals surface area (Å²) in [4.78, 5) is 0. The second-order valence-electron chi connectivity index (χ2n) is 6.66. The van der Waals surface area contributed by atoms with Crippen molar-refractivity contribution in [3.8, 4) is 0 Å². The van der Waals surface area contributed by atoms with Gasteiger partial charge in [0.15, 0.2) is 5.11 Å². The smallest absolute Gasteiger partial charge is 0.166 e. The van der Waals surface area contributed by atoms with Gasteiger partial charge in [-0.3, -0.25) is 0 Å². The highest BCUT2D eigenvalue weighted by atomic mass is 32.1. The van der Waals surface area contributed by atoms with Crippen molar-refractivity contribution in [3.63, 3.8) is 0 Å². The molecule has 1 aliphatic carbocycles. The third kappa shape index (κ3) is 4.75. The highest BCUT2D eigenvalue weighted by molar-refractivity contribution is 7.80. The summed E-state index contributed by atoms with van der Waals surface area (Å²) in [6.07, 6.45) is 6.47. The standard InChI is InChI=1S/C15H30N2S/c1-6-15(4,5)12-7-9-13(10-8-12)17-14(18)16-11(2)3/h11-13H,6-10H2,1-5H3,(H2,16,17,18). The van der Waals surface area contributed by atoms with Crippen LogP contribution in [0.2, 0.25) is 0 Å². The summed E-state index contributed by atoms with van der Waals surface area (Å²) in [5.41, 5.74) is 0.502. The van der Waals surface area contributed by atoms with Crippen LogP contribution in [0.1, 0.15) is 66.7 Å². The van der Waals surface area contributed by atoms with Gasteiger partial charge in [-0.1, -0.05) is 27.2 Å². The minimum atomic E-state index is 0.417. The lowest BCUT2D eigenvalue weighted by Crippen LogP contribution is -2.46. The van der Waals surface area contributed by atoms with Gasteiger partial charge in [0.2, 0.25) is 0 Å². The molecule has 0 saturated heterocycles. The van der Waals surface area contributed by atoms with E-state index in [0.29, 0.717) is 17.5 Å². The van der Waals surface area contributed by atoms with Gasteiger partial charge < -0.3 is 10.6 Å². The Labute approximate surface area is 118 Å². The quantitative estimate of drug-likeness (QED) is 0.759. The Hall–Kier alpha value is -0.310. The van der Waals surface area contributed by atoms with Gasteiger partial charge in [-0.15, -0.1) is 0 Å². The summed E-state index contributed by atoms with van der Waals surface area (Å²) in [6.45, 7) is 11.4. The van der Waals surface area contributed by atoms with Crippen LogP contribution >= 0.6 is 12.2 Å². The molecule has 0 aromatic carbocycles. The van der Waals surface area contributed by atoms with Crippen LogP contribution in [0, 0.1) is 11.3 Å². The van der Waals surface area contributed by atoms with Crippen molar-refractivity contribution in [2.75, 3.05) is 0 Å². The van der Waals surface area contributed by atoms with E-state index in [-0.39, 0.29) is 0 Å². The maximum atomic E-state index is 5.31. The van der Waals surface area contributed by atoms with Crippen molar-refractivity contribution in [1.29, 1.82) is 0 Å². The average Bonchev–Trinajstić information content (AvgIpc) is 2.28. The van der Waals surface area contributed by atoms with Crippen molar-refractivity contribution in [1.82, 2.24) is 10.6 Å². The minimum absolute atomic E-state index is 0.417. The first-order valence-corrected chi connectivity index (χ1v) is 7.83. The van der Waals surface area contributed by atoms with Crippen LogP contribution in [-0.4, -0.2) is 17.2 Å². The van der Waals surface area contributed by atoms with E-state index in [1.54, 1.807) is 0 Å². The molecule has 0 amide bonds. The summed E-state index contributed by atoms with van der Waals surface area (Å²) in [5.74, 6) is 0.882. The van der Waals surface area contributed by atoms with Gasteiger partial charge in [0.25, 0.3) is 0 Å². The number of hydrogen-bond acceptors (Lipinski definition) is 1. The van der Waals surface area contributed by atoms with Gasteiger partial charge in [-0.25, -0.2) is 0 Å². The van der Waals surface area contributed by atoms with Gasteiger partial charge in [0.1, 0.15) is 0 Å². The molecule has 1 rings (SSSR count). The number of rotatable bonds is 4. The molecular weight excluding hydrogens is 240 g/mol. The van der Waals surface area contributed by atoms with Crippen LogP contribution < -0.4 is 10.6 Å². The zero-order valence-corrected chi connectivity index (χ0v) is 13.5. The maximum absolute atomic E-state index is 5.31. The Morgan fingerprint density at radius 3 is 2.22 bits per heavy atom. The summed E-state index contributed by atoms with van der Waals surface area (Å²) in [6, 6.07) is 0.994. The van der Waals surface area contributed by atoms with Gasteiger partial charge >= 0.3 is 0 Å². The first-order chi connectivity index (χ1) is 8.35. The summed E-state index contributed by atoms with van der Waals surface area (Å²) in [7, 11) is 0. The highest BCUT2D eigenvalue weighted by Gasteiger charge is 2.31. The Kier molecular flexibility index (Phi) is 5.90. The van der Waals surface area contributed by atoms with Gasteiger partial charge in [0.05, 0.1) is 0 Å². The summed E-state index contributed by atoms with van der Waals surface area (Å²) in [5, 5.41) is 7.55. The molecule has 0 radical (unpaired) electrons. The molecule has 0 atom stereocenters. The predicted molar refractivity (Wildman–Crippen MR) is 83.8 cm³/mol. The minimum Gasteiger partial charge on any atom is -0.361 e. The lowest BCUT2D eigenvalue weighted by molar-refractivity contribution is 0.141. The third-order valence-electron chi connectivity index (χ3n) is 4.50. The maximum Gasteiger partial charge on any atom is 0.166 e. The normalized spacial score (nSPS) is 25.0. The Bertz CT molecular complexity index is 266. The fourth-order valence-electron chi connectivity index (χ4n) is 2.80. The average molecular weight is 270 g/mol. The van der Waals surface area contributed by atoms with Crippen molar-refractivity contribution < 1.29 is 0 Å². The van der Waals surface area contributed by atoms with Crippen LogP contribution in [0.5, 0.6) is 0 Å². The Morgan fingerprint density at radius 1 is 1.22 bits per heavy atom. The molecule has 1 fully saturated rings. The Morgan fingerprint density at radius 2 is 1.78 bits per heavy atom. The molecule has 0 bridgehead atoms. The number of thiocarbonyl (C=S) groups is 1. The van der Waals surface area contributed by atoms with E-state index in [1.165, 1.54) is 32.1 Å². The van der Waals surface area contributed by atoms with Crippen molar-refractivity contribution in [2.24, 2.45) is 11.3 Å². The van der Waals surface area contributed by atoms with Crippen molar-refractivity contribution in [3.05, 3.63) is 0 Å². The topological polar surface area (TPSA) is 24.1 Å². The SMILES string of the molecule is CCC(C)(C)C1CCC(NC(=S)NC(C)C)CC1. The van der Waals surface area contributed by atoms with Gasteiger partial charge in [-0.05, 0) is 63.1 Å². The molecule has 0 aromatic rings. The van der Waals surface area contributed by atoms with E-state index in [0.717, 1.165) is 11.0 Å². The fourth-order valence-corrected chi connectivity index (χ4v) is 3.20. The van der Waals surface area contributed by atoms with Crippen LogP contribution in [0.3, 0.4) is 0 Å². The molecule has 106 valence electrons. The van der Waals surface area contributed by atoms with Crippen molar-refractivity contribution in [2.45, 2.75) is 78.8 Å². The van der Waals surface area contributed by atoms with E-state index in [9.17, 15) is 0 Å². The molecule has 1 aliphatic rings. The second kappa shape index (κ2) is 6.74. The second-order valence-corrected chi connectivity index (χ2v) is 7.07. The first kappa shape index (κ1) is 15.7. The highest BCUT2D eigenvalue weighted by Crippen LogP contribution is 2.40. The van der Waals surface area contributed by atoms with Crippen LogP contribution in [0.4, 0.5) is 0 Å². The van der Waals surface area contributed by atoms with Crippen LogP contribution in [-0.2, 0) is 0 Å². The van der Waals surface area contributed by atoms with E-state index in [4.69, 9.17) is 12.2 Å². The third-order valence-corrected chi connectivity index (χ3v) is 4.73. The molecule has 3 heteroatoms. The lowest BCUT2D eigenvalue weighted by Gasteiger charge is -2.39. The monoisotopic (exact) mass is 270 g/mol. The van der Waals surface area contributed by atoms with E-state index < -0.39 is 0 Å². The lowest BCUT2D eigenvalue weighted by atomic mass is 9.69. The molecule has 0 heterocycles. The largest absolute Gasteiger partial charge is 0.361 e. The van der Waals surface area contributed by atoms with E-state index in [1.807, 2.05) is 0 Å². The zero-order chi connectivity index (χ0) is 13.8. The van der Waals surface area contributed by atoms with Gasteiger partial charge in [0, 0.05) is 12.1 Å². The predicted octanol–water partition coefficient (Wildman–Crippen LogP) is 3.85. The fraction of sp³-hybridized carbons (Fsp3) is 0.933. The van der Waals surface area contributed by atoms with Crippen LogP contribution in [0.25, 0.3) is 0 Å². The molecule has 0 unspecified atom stereocenters. The van der Waals surface area contributed by atoms with Gasteiger partial charge in [-0.2, -0.15) is 0 Å². The molecule has 2 N–H and O–H groups in total. The summed E-state index contributed by atoms with van der Waals surface area (Å²) < 4.78 is 0. The van der Waals surface area contributed by atoms with Crippen LogP contribution in [0.15, 0.2) is 0 Å². The molecule has 1 saturated carbocycles. The zero-order valence-electron chi connectivity index (χ0n) is 12.7. The van der Waals surface area contributed by atoms with E-state index >= 15 is 0 Å². The van der Waals surface area contributed by atoms with Crippen molar-refractivity contribution >= 4 is 17.3 Å². The molecule has 0 aromatic heterocycles. The Balaban J connectivity index is 2.34. The molecular formula is C15H30N2S.